The van der Waals surface area contributed by atoms with Crippen molar-refractivity contribution in [2.75, 3.05) is 18.5 Å². The first-order chi connectivity index (χ1) is 8.22. The van der Waals surface area contributed by atoms with E-state index in [2.05, 4.69) is 29.1 Å². The molecule has 1 aromatic rings. The Kier molecular flexibility index (Phi) is 6.55. The number of ether oxygens (including phenoxy) is 1. The van der Waals surface area contributed by atoms with E-state index in [0.717, 1.165) is 37.0 Å². The topological polar surface area (TPSA) is 47.0 Å². The summed E-state index contributed by atoms with van der Waals surface area (Å²) < 4.78 is 5.55. The number of rotatable bonds is 8. The Morgan fingerprint density at radius 3 is 2.71 bits per heavy atom. The lowest BCUT2D eigenvalue weighted by atomic mass is 10.1. The lowest BCUT2D eigenvalue weighted by Crippen LogP contribution is -2.03. The Morgan fingerprint density at radius 2 is 2.12 bits per heavy atom. The summed E-state index contributed by atoms with van der Waals surface area (Å²) in [4.78, 5) is 8.52. The first kappa shape index (κ1) is 13.9. The van der Waals surface area contributed by atoms with Crippen LogP contribution in [0.2, 0.25) is 0 Å². The first-order valence-electron chi connectivity index (χ1n) is 6.35. The summed E-state index contributed by atoms with van der Waals surface area (Å²) >= 11 is 0. The summed E-state index contributed by atoms with van der Waals surface area (Å²) in [6, 6.07) is 0. The highest BCUT2D eigenvalue weighted by Gasteiger charge is 1.98. The number of aromatic nitrogens is 2. The summed E-state index contributed by atoms with van der Waals surface area (Å²) in [6.07, 6.45) is 5.84. The molecular formula is C13H23N3O. The molecule has 4 heteroatoms. The molecule has 0 spiro atoms. The zero-order valence-corrected chi connectivity index (χ0v) is 11.1. The van der Waals surface area contributed by atoms with Crippen molar-refractivity contribution in [1.82, 2.24) is 9.97 Å². The third-order valence-electron chi connectivity index (χ3n) is 2.38. The van der Waals surface area contributed by atoms with E-state index < -0.39 is 0 Å². The summed E-state index contributed by atoms with van der Waals surface area (Å²) in [7, 11) is 0. The SMILES string of the molecule is CCNc1cnc(COCCCC(C)C)cn1. The molecular weight excluding hydrogens is 214 g/mol. The lowest BCUT2D eigenvalue weighted by molar-refractivity contribution is 0.112. The Morgan fingerprint density at radius 1 is 1.29 bits per heavy atom. The molecule has 17 heavy (non-hydrogen) atoms. The number of hydrogen-bond donors (Lipinski definition) is 1. The van der Waals surface area contributed by atoms with E-state index >= 15 is 0 Å². The minimum absolute atomic E-state index is 0.553. The molecule has 1 rings (SSSR count). The molecule has 0 radical (unpaired) electrons. The summed E-state index contributed by atoms with van der Waals surface area (Å²) in [5, 5.41) is 3.11. The Balaban J connectivity index is 2.18. The van der Waals surface area contributed by atoms with Gasteiger partial charge < -0.3 is 10.1 Å². The molecule has 1 aromatic heterocycles. The molecule has 0 fully saturated rings. The maximum atomic E-state index is 5.55. The number of nitrogens with one attached hydrogen (secondary N) is 1. The monoisotopic (exact) mass is 237 g/mol. The minimum Gasteiger partial charge on any atom is -0.375 e. The summed E-state index contributed by atoms with van der Waals surface area (Å²) in [6.45, 7) is 8.70. The van der Waals surface area contributed by atoms with Crippen LogP contribution >= 0.6 is 0 Å². The Hall–Kier alpha value is -1.16. The fourth-order valence-electron chi connectivity index (χ4n) is 1.47. The molecule has 0 aromatic carbocycles. The van der Waals surface area contributed by atoms with Crippen molar-refractivity contribution in [2.45, 2.75) is 40.2 Å². The average molecular weight is 237 g/mol. The van der Waals surface area contributed by atoms with E-state index in [1.165, 1.54) is 6.42 Å². The van der Waals surface area contributed by atoms with Crippen LogP contribution in [-0.2, 0) is 11.3 Å². The maximum absolute atomic E-state index is 5.55. The highest BCUT2D eigenvalue weighted by molar-refractivity contribution is 5.30. The number of nitrogens with zero attached hydrogens (tertiary/aromatic N) is 2. The highest BCUT2D eigenvalue weighted by Crippen LogP contribution is 2.05. The van der Waals surface area contributed by atoms with Crippen LogP contribution < -0.4 is 5.32 Å². The highest BCUT2D eigenvalue weighted by atomic mass is 16.5. The van der Waals surface area contributed by atoms with Gasteiger partial charge in [0.1, 0.15) is 5.82 Å². The van der Waals surface area contributed by atoms with E-state index in [9.17, 15) is 0 Å². The quantitative estimate of drug-likeness (QED) is 0.706. The zero-order valence-electron chi connectivity index (χ0n) is 11.1. The summed E-state index contributed by atoms with van der Waals surface area (Å²) in [5.41, 5.74) is 0.885. The molecule has 0 aliphatic rings. The van der Waals surface area contributed by atoms with Gasteiger partial charge in [-0.25, -0.2) is 4.98 Å². The van der Waals surface area contributed by atoms with Crippen LogP contribution in [0.1, 0.15) is 39.3 Å². The average Bonchev–Trinajstić information content (AvgIpc) is 2.31. The maximum Gasteiger partial charge on any atom is 0.144 e. The molecule has 0 unspecified atom stereocenters. The molecule has 1 N–H and O–H groups in total. The molecule has 0 saturated carbocycles. The van der Waals surface area contributed by atoms with Crippen LogP contribution in [0.25, 0.3) is 0 Å². The van der Waals surface area contributed by atoms with Crippen molar-refractivity contribution >= 4 is 5.82 Å². The molecule has 0 amide bonds. The second-order valence-corrected chi connectivity index (χ2v) is 4.51. The van der Waals surface area contributed by atoms with E-state index in [1.807, 2.05) is 6.92 Å². The van der Waals surface area contributed by atoms with E-state index in [1.54, 1.807) is 12.4 Å². The van der Waals surface area contributed by atoms with E-state index in [-0.39, 0.29) is 0 Å². The van der Waals surface area contributed by atoms with Gasteiger partial charge in [0.2, 0.25) is 0 Å². The van der Waals surface area contributed by atoms with Crippen molar-refractivity contribution in [2.24, 2.45) is 5.92 Å². The van der Waals surface area contributed by atoms with Crippen LogP contribution in [0, 0.1) is 5.92 Å². The molecule has 0 aliphatic carbocycles. The minimum atomic E-state index is 0.553. The predicted molar refractivity (Wildman–Crippen MR) is 69.9 cm³/mol. The van der Waals surface area contributed by atoms with Crippen molar-refractivity contribution < 1.29 is 4.74 Å². The second-order valence-electron chi connectivity index (χ2n) is 4.51. The molecule has 0 aliphatic heterocycles. The standard InChI is InChI=1S/C13H23N3O/c1-4-14-13-9-15-12(8-16-13)10-17-7-5-6-11(2)3/h8-9,11H,4-7,10H2,1-3H3,(H,14,16). The zero-order chi connectivity index (χ0) is 12.5. The number of hydrogen-bond acceptors (Lipinski definition) is 4. The molecule has 0 atom stereocenters. The molecule has 96 valence electrons. The van der Waals surface area contributed by atoms with Gasteiger partial charge in [-0.05, 0) is 25.7 Å². The van der Waals surface area contributed by atoms with Gasteiger partial charge in [0.05, 0.1) is 24.7 Å². The van der Waals surface area contributed by atoms with Gasteiger partial charge >= 0.3 is 0 Å². The number of anilines is 1. The van der Waals surface area contributed by atoms with Crippen molar-refractivity contribution in [3.63, 3.8) is 0 Å². The van der Waals surface area contributed by atoms with E-state index in [4.69, 9.17) is 4.74 Å². The summed E-state index contributed by atoms with van der Waals surface area (Å²) in [5.74, 6) is 1.56. The first-order valence-corrected chi connectivity index (χ1v) is 6.35. The van der Waals surface area contributed by atoms with Gasteiger partial charge in [-0.3, -0.25) is 4.98 Å². The fourth-order valence-corrected chi connectivity index (χ4v) is 1.47. The van der Waals surface area contributed by atoms with Gasteiger partial charge in [0.25, 0.3) is 0 Å². The Bertz CT molecular complexity index is 298. The van der Waals surface area contributed by atoms with Crippen molar-refractivity contribution in [3.8, 4) is 0 Å². The second kappa shape index (κ2) is 8.01. The molecule has 1 heterocycles. The van der Waals surface area contributed by atoms with Gasteiger partial charge in [-0.1, -0.05) is 13.8 Å². The van der Waals surface area contributed by atoms with Crippen LogP contribution in [0.4, 0.5) is 5.82 Å². The predicted octanol–water partition coefficient (Wildman–Crippen LogP) is 2.86. The van der Waals surface area contributed by atoms with Crippen molar-refractivity contribution in [3.05, 3.63) is 18.1 Å². The molecule has 0 bridgehead atoms. The van der Waals surface area contributed by atoms with Crippen molar-refractivity contribution in [1.29, 1.82) is 0 Å². The third kappa shape index (κ3) is 6.22. The van der Waals surface area contributed by atoms with E-state index in [0.29, 0.717) is 6.61 Å². The molecule has 4 nitrogen and oxygen atoms in total. The van der Waals surface area contributed by atoms with Crippen LogP contribution in [0.5, 0.6) is 0 Å². The van der Waals surface area contributed by atoms with Crippen LogP contribution in [0.3, 0.4) is 0 Å². The van der Waals surface area contributed by atoms with Crippen LogP contribution in [0.15, 0.2) is 12.4 Å². The third-order valence-corrected chi connectivity index (χ3v) is 2.38. The smallest absolute Gasteiger partial charge is 0.144 e. The lowest BCUT2D eigenvalue weighted by Gasteiger charge is -2.06. The molecule has 0 saturated heterocycles. The van der Waals surface area contributed by atoms with Gasteiger partial charge in [-0.2, -0.15) is 0 Å². The normalized spacial score (nSPS) is 10.8. The fraction of sp³-hybridized carbons (Fsp3) is 0.692. The Labute approximate surface area is 104 Å². The van der Waals surface area contributed by atoms with Gasteiger partial charge in [0.15, 0.2) is 0 Å². The van der Waals surface area contributed by atoms with Gasteiger partial charge in [-0.15, -0.1) is 0 Å². The van der Waals surface area contributed by atoms with Crippen LogP contribution in [-0.4, -0.2) is 23.1 Å². The largest absolute Gasteiger partial charge is 0.375 e. The van der Waals surface area contributed by atoms with Gasteiger partial charge in [0, 0.05) is 13.2 Å².